The van der Waals surface area contributed by atoms with Crippen LogP contribution in [0.1, 0.15) is 79.1 Å². The van der Waals surface area contributed by atoms with Crippen molar-refractivity contribution in [2.75, 3.05) is 6.61 Å². The van der Waals surface area contributed by atoms with E-state index in [0.717, 1.165) is 0 Å². The largest absolute Gasteiger partial charge is 0.481 e. The van der Waals surface area contributed by atoms with Gasteiger partial charge in [0.15, 0.2) is 18.4 Å². The molecule has 2 bridgehead atoms. The molecule has 3 saturated heterocycles. The topological polar surface area (TPSA) is 399 Å². The minimum Gasteiger partial charge on any atom is -0.481 e. The van der Waals surface area contributed by atoms with Gasteiger partial charge in [0.25, 0.3) is 0 Å². The number of aliphatic hydroxyl groups is 13. The van der Waals surface area contributed by atoms with E-state index in [0.29, 0.717) is 0 Å². The van der Waals surface area contributed by atoms with Crippen molar-refractivity contribution in [2.24, 2.45) is 23.5 Å². The molecule has 0 amide bonds. The van der Waals surface area contributed by atoms with Gasteiger partial charge < -0.3 is 106 Å². The first-order chi connectivity index (χ1) is 35.9. The number of esters is 1. The van der Waals surface area contributed by atoms with Gasteiger partial charge in [0.05, 0.1) is 86.2 Å². The Morgan fingerprint density at radius 3 is 1.80 bits per heavy atom. The van der Waals surface area contributed by atoms with Crippen LogP contribution in [0.4, 0.5) is 0 Å². The molecule has 4 aliphatic rings. The lowest BCUT2D eigenvalue weighted by Crippen LogP contribution is -2.61. The van der Waals surface area contributed by atoms with Crippen LogP contribution in [-0.2, 0) is 38.0 Å². The predicted molar refractivity (Wildman–Crippen MR) is 270 cm³/mol. The van der Waals surface area contributed by atoms with Gasteiger partial charge in [-0.3, -0.25) is 9.59 Å². The minimum absolute atomic E-state index is 0.172. The van der Waals surface area contributed by atoms with E-state index in [4.69, 9.17) is 34.2 Å². The smallest absolute Gasteiger partial charge is 0.311 e. The highest BCUT2D eigenvalue weighted by Gasteiger charge is 2.51. The van der Waals surface area contributed by atoms with Gasteiger partial charge in [0, 0.05) is 37.5 Å². The van der Waals surface area contributed by atoms with E-state index in [1.54, 1.807) is 99.8 Å². The molecule has 16 N–H and O–H groups in total. The summed E-state index contributed by atoms with van der Waals surface area (Å²) < 4.78 is 35.2. The van der Waals surface area contributed by atoms with Crippen LogP contribution in [0.2, 0.25) is 0 Å². The van der Waals surface area contributed by atoms with Crippen LogP contribution in [0.25, 0.3) is 0 Å². The monoisotopic (exact) mass is 1090 g/mol. The maximum atomic E-state index is 13.1. The minimum atomic E-state index is -2.36. The van der Waals surface area contributed by atoms with Crippen molar-refractivity contribution in [2.45, 2.75) is 207 Å². The predicted octanol–water partition coefficient (Wildman–Crippen LogP) is -1.46. The molecule has 24 atom stereocenters. The molecule has 3 fully saturated rings. The lowest BCUT2D eigenvalue weighted by Gasteiger charge is -2.45. The maximum Gasteiger partial charge on any atom is 0.311 e. The Balaban J connectivity index is 1.59. The summed E-state index contributed by atoms with van der Waals surface area (Å²) in [5.74, 6) is -7.38. The summed E-state index contributed by atoms with van der Waals surface area (Å²) in [7, 11) is 0. The molecule has 0 aromatic heterocycles. The number of nitrogens with two attached hydrogens (primary N) is 1. The van der Waals surface area contributed by atoms with Crippen molar-refractivity contribution in [3.63, 3.8) is 0 Å². The van der Waals surface area contributed by atoms with Crippen molar-refractivity contribution in [3.8, 4) is 0 Å². The first-order valence-electron chi connectivity index (χ1n) is 25.8. The highest BCUT2D eigenvalue weighted by atomic mass is 16.7. The van der Waals surface area contributed by atoms with Gasteiger partial charge >= 0.3 is 11.9 Å². The second-order valence-corrected chi connectivity index (χ2v) is 20.4. The number of ether oxygens (including phenoxy) is 6. The van der Waals surface area contributed by atoms with E-state index >= 15 is 0 Å². The number of hydrogen-bond acceptors (Lipinski definition) is 22. The zero-order valence-electron chi connectivity index (χ0n) is 43.3. The molecule has 0 aromatic carbocycles. The normalized spacial score (nSPS) is 46.8. The first-order valence-corrected chi connectivity index (χ1v) is 25.8. The third-order valence-corrected chi connectivity index (χ3v) is 14.1. The van der Waals surface area contributed by atoms with Crippen LogP contribution >= 0.6 is 0 Å². The molecule has 0 aliphatic carbocycles. The highest BCUT2D eigenvalue weighted by Crippen LogP contribution is 2.38. The summed E-state index contributed by atoms with van der Waals surface area (Å²) in [6.45, 7) is 5.92. The molecule has 23 heteroatoms. The average molecular weight is 1090 g/mol. The third-order valence-electron chi connectivity index (χ3n) is 14.1. The molecule has 0 saturated carbocycles. The summed E-state index contributed by atoms with van der Waals surface area (Å²) in [4.78, 5) is 25.6. The molecule has 23 nitrogen and oxygen atoms in total. The Hall–Kier alpha value is -3.64. The van der Waals surface area contributed by atoms with Gasteiger partial charge in [-0.05, 0) is 33.1 Å². The highest BCUT2D eigenvalue weighted by molar-refractivity contribution is 5.71. The van der Waals surface area contributed by atoms with Gasteiger partial charge in [-0.15, -0.1) is 0 Å². The van der Waals surface area contributed by atoms with Crippen molar-refractivity contribution < 1.29 is 110 Å². The van der Waals surface area contributed by atoms with E-state index in [9.17, 15) is 81.1 Å². The van der Waals surface area contributed by atoms with E-state index in [-0.39, 0.29) is 25.7 Å². The number of aliphatic carboxylic acids is 1. The van der Waals surface area contributed by atoms with Crippen LogP contribution in [0.5, 0.6) is 0 Å². The Bertz CT molecular complexity index is 1980. The van der Waals surface area contributed by atoms with Gasteiger partial charge in [0.1, 0.15) is 42.5 Å². The van der Waals surface area contributed by atoms with E-state index in [1.165, 1.54) is 13.0 Å². The van der Waals surface area contributed by atoms with E-state index in [1.807, 2.05) is 0 Å². The number of cyclic esters (lactones) is 1. The number of hydrogen-bond donors (Lipinski definition) is 15. The fourth-order valence-electron chi connectivity index (χ4n) is 9.54. The molecule has 432 valence electrons. The number of aliphatic hydroxyl groups excluding tert-OH is 12. The standard InChI is InChI=1S/C53H83NO22/c1-28-17-15-13-11-9-7-5-6-8-10-12-14-16-18-35(73-51-46(65)43(54)44(63)31(4)72-51)24-39-42(50(68)69)38(61)26-53(70,76-39)25-34(58)22-37(60)36(59)20-19-32(56)21-33(57)23-41(62)71-30(3)29(2)49(28)75-52-48(67)47(66)45(64)40(27-55)74-52/h5-18,28-40,42-49,51-52,55-61,63-67,70H,19-27,54H2,1-4H3,(H,68,69)/b6-5+,9-7+,10-8+,13-11+,14-12+,17-15+,18-16+/t28-,29-,30-,31+,32+,33+,34-,35-,36+,37+,38-,39-,40+,42+,43-,44+,45-,46-,47-,48+,49+,51+,52?,53+/m0/s1. The molecule has 0 radical (unpaired) electrons. The van der Waals surface area contributed by atoms with Crippen molar-refractivity contribution in [1.29, 1.82) is 0 Å². The summed E-state index contributed by atoms with van der Waals surface area (Å²) in [5, 5.41) is 150. The lowest BCUT2D eigenvalue weighted by atomic mass is 9.82. The van der Waals surface area contributed by atoms with E-state index in [2.05, 4.69) is 0 Å². The second kappa shape index (κ2) is 31.2. The zero-order chi connectivity index (χ0) is 56.4. The first kappa shape index (κ1) is 64.9. The second-order valence-electron chi connectivity index (χ2n) is 20.4. The fourth-order valence-corrected chi connectivity index (χ4v) is 9.54. The maximum absolute atomic E-state index is 13.1. The van der Waals surface area contributed by atoms with Crippen LogP contribution < -0.4 is 5.73 Å². The molecule has 76 heavy (non-hydrogen) atoms. The fraction of sp³-hybridized carbons (Fsp3) is 0.698. The summed E-state index contributed by atoms with van der Waals surface area (Å²) in [6.07, 6.45) is -6.08. The summed E-state index contributed by atoms with van der Waals surface area (Å²) in [5.41, 5.74) is 6.04. The number of carbonyl (C=O) groups is 2. The average Bonchev–Trinajstić information content (AvgIpc) is 3.34. The van der Waals surface area contributed by atoms with Gasteiger partial charge in [-0.1, -0.05) is 98.9 Å². The Morgan fingerprint density at radius 2 is 1.21 bits per heavy atom. The molecule has 0 aromatic rings. The van der Waals surface area contributed by atoms with Gasteiger partial charge in [-0.25, -0.2) is 0 Å². The number of carboxylic acid groups (broad SMARTS) is 1. The Labute approximate surface area is 442 Å². The lowest BCUT2D eigenvalue weighted by molar-refractivity contribution is -0.318. The Morgan fingerprint density at radius 1 is 0.632 bits per heavy atom. The van der Waals surface area contributed by atoms with Crippen molar-refractivity contribution >= 4 is 11.9 Å². The molecule has 1 unspecified atom stereocenters. The van der Waals surface area contributed by atoms with Gasteiger partial charge in [0.2, 0.25) is 0 Å². The molecular formula is C53H83NO22. The van der Waals surface area contributed by atoms with Crippen LogP contribution in [0.15, 0.2) is 85.1 Å². The number of carboxylic acids is 1. The molecule has 4 aliphatic heterocycles. The number of fused-ring (bicyclic) bond motifs is 2. The quantitative estimate of drug-likeness (QED) is 0.135. The summed E-state index contributed by atoms with van der Waals surface area (Å²) in [6, 6.07) is -1.17. The molecule has 4 heterocycles. The molecular weight excluding hydrogens is 1000 g/mol. The van der Waals surface area contributed by atoms with Crippen LogP contribution in [0.3, 0.4) is 0 Å². The van der Waals surface area contributed by atoms with E-state index < -0.39 is 190 Å². The SMILES string of the molecule is C[C@@H]1[C@H](OC2O[C@H](CO)[C@H](O)[C@H](O)[C@H]2O)[C@@H](C)/C=C/C=C/C=C/C=C/C=C/C=C/C=C/[C@H](O[C@H]2O[C@H](C)[C@@H](O)[C@H](N)[C@@H]2O)C[C@@H]2O[C@](O)(C[C@@H](O)C[C@@H](O)[C@H](O)CC[C@@H](O)C[C@@H](O)CC(=O)O[C@H]1C)C[C@H](O)[C@H]2C(=O)O. The van der Waals surface area contributed by atoms with Crippen LogP contribution in [0, 0.1) is 17.8 Å². The Kier molecular flexibility index (Phi) is 26.7. The third kappa shape index (κ3) is 19.6. The van der Waals surface area contributed by atoms with Crippen LogP contribution in [-0.4, -0.2) is 218 Å². The van der Waals surface area contributed by atoms with Gasteiger partial charge in [-0.2, -0.15) is 0 Å². The zero-order valence-corrected chi connectivity index (χ0v) is 43.3. The van der Waals surface area contributed by atoms with Crippen molar-refractivity contribution in [3.05, 3.63) is 85.1 Å². The number of allylic oxidation sites excluding steroid dienone is 12. The molecule has 0 spiro atoms. The number of rotatable bonds is 6. The summed E-state index contributed by atoms with van der Waals surface area (Å²) >= 11 is 0. The van der Waals surface area contributed by atoms with Crippen molar-refractivity contribution in [1.82, 2.24) is 0 Å². The number of carbonyl (C=O) groups excluding carboxylic acids is 1. The molecule has 4 rings (SSSR count).